The van der Waals surface area contributed by atoms with Gasteiger partial charge in [-0.05, 0) is 38.0 Å². The van der Waals surface area contributed by atoms with Gasteiger partial charge in [-0.25, -0.2) is 13.1 Å². The van der Waals surface area contributed by atoms with E-state index >= 15 is 0 Å². The Bertz CT molecular complexity index is 1030. The molecule has 0 saturated heterocycles. The molecule has 27 heavy (non-hydrogen) atoms. The fourth-order valence-electron chi connectivity index (χ4n) is 2.90. The summed E-state index contributed by atoms with van der Waals surface area (Å²) in [5.74, 6) is -0.708. The van der Waals surface area contributed by atoms with Crippen molar-refractivity contribution >= 4 is 21.8 Å². The molecule has 0 fully saturated rings. The molecule has 3 rings (SSSR count). The molecular formula is C17H20N4O5S. The minimum Gasteiger partial charge on any atom is -0.480 e. The van der Waals surface area contributed by atoms with Crippen molar-refractivity contribution in [3.05, 3.63) is 40.7 Å². The number of carbonyl (C=O) groups excluding carboxylic acids is 2. The number of hydrogen-bond acceptors (Lipinski definition) is 6. The van der Waals surface area contributed by atoms with E-state index in [0.717, 1.165) is 11.3 Å². The van der Waals surface area contributed by atoms with E-state index < -0.39 is 22.5 Å². The molecule has 2 aromatic rings. The lowest BCUT2D eigenvalue weighted by Gasteiger charge is -2.17. The van der Waals surface area contributed by atoms with Crippen LogP contribution in [-0.2, 0) is 28.3 Å². The third kappa shape index (κ3) is 3.80. The predicted molar refractivity (Wildman–Crippen MR) is 96.0 cm³/mol. The minimum atomic E-state index is -4.12. The van der Waals surface area contributed by atoms with Gasteiger partial charge < -0.3 is 10.1 Å². The zero-order chi connectivity index (χ0) is 19.8. The van der Waals surface area contributed by atoms with Crippen LogP contribution in [-0.4, -0.2) is 43.2 Å². The van der Waals surface area contributed by atoms with Crippen molar-refractivity contribution in [2.75, 3.05) is 13.2 Å². The summed E-state index contributed by atoms with van der Waals surface area (Å²) in [7, 11) is -2.37. The van der Waals surface area contributed by atoms with Crippen molar-refractivity contribution in [3.63, 3.8) is 0 Å². The number of ether oxygens (including phenoxy) is 1. The average Bonchev–Trinajstić information content (AvgIpc) is 2.85. The Morgan fingerprint density at radius 2 is 2.11 bits per heavy atom. The van der Waals surface area contributed by atoms with E-state index in [1.54, 1.807) is 31.6 Å². The first-order chi connectivity index (χ1) is 12.7. The van der Waals surface area contributed by atoms with Gasteiger partial charge in [-0.1, -0.05) is 6.07 Å². The van der Waals surface area contributed by atoms with Crippen LogP contribution >= 0.6 is 0 Å². The van der Waals surface area contributed by atoms with Crippen LogP contribution in [0, 0.1) is 13.8 Å². The second kappa shape index (κ2) is 7.03. The van der Waals surface area contributed by atoms with E-state index in [0.29, 0.717) is 30.0 Å². The van der Waals surface area contributed by atoms with Crippen LogP contribution < -0.4 is 14.8 Å². The van der Waals surface area contributed by atoms with Crippen molar-refractivity contribution in [2.45, 2.75) is 25.2 Å². The molecule has 1 aliphatic heterocycles. The van der Waals surface area contributed by atoms with E-state index in [9.17, 15) is 18.0 Å². The molecule has 0 unspecified atom stereocenters. The molecule has 9 nitrogen and oxygen atoms in total. The predicted octanol–water partition coefficient (Wildman–Crippen LogP) is 0.207. The Kier molecular flexibility index (Phi) is 4.92. The minimum absolute atomic E-state index is 0.152. The van der Waals surface area contributed by atoms with Gasteiger partial charge in [0.05, 0.1) is 10.6 Å². The van der Waals surface area contributed by atoms with Crippen LogP contribution in [0.1, 0.15) is 27.3 Å². The molecular weight excluding hydrogens is 372 g/mol. The summed E-state index contributed by atoms with van der Waals surface area (Å²) in [6.45, 7) is 3.55. The number of fused-ring (bicyclic) bond motifs is 1. The van der Waals surface area contributed by atoms with Crippen LogP contribution in [0.5, 0.6) is 5.75 Å². The average molecular weight is 392 g/mol. The van der Waals surface area contributed by atoms with E-state index in [-0.39, 0.29) is 10.8 Å². The van der Waals surface area contributed by atoms with Crippen molar-refractivity contribution < 1.29 is 22.7 Å². The Hall–Kier alpha value is -2.88. The molecule has 144 valence electrons. The SMILES string of the molecule is Cc1nn(C)c(C)c1OCC(=O)NS(=O)(=O)c1ccc2c(c1)C(=O)NCC2. The number of benzene rings is 1. The van der Waals surface area contributed by atoms with Crippen LogP contribution in [0.25, 0.3) is 0 Å². The largest absolute Gasteiger partial charge is 0.480 e. The van der Waals surface area contributed by atoms with Gasteiger partial charge in [0.25, 0.3) is 21.8 Å². The highest BCUT2D eigenvalue weighted by atomic mass is 32.2. The number of hydrogen-bond donors (Lipinski definition) is 2. The van der Waals surface area contributed by atoms with Gasteiger partial charge in [0.1, 0.15) is 5.69 Å². The number of nitrogens with one attached hydrogen (secondary N) is 2. The summed E-state index contributed by atoms with van der Waals surface area (Å²) in [5, 5.41) is 6.82. The molecule has 0 saturated carbocycles. The first kappa shape index (κ1) is 18.9. The smallest absolute Gasteiger partial charge is 0.271 e. The number of aromatic nitrogens is 2. The Labute approximate surface area is 156 Å². The van der Waals surface area contributed by atoms with E-state index in [1.807, 2.05) is 4.72 Å². The van der Waals surface area contributed by atoms with Crippen molar-refractivity contribution in [1.82, 2.24) is 19.8 Å². The molecule has 1 aromatic heterocycles. The second-order valence-electron chi connectivity index (χ2n) is 6.27. The number of rotatable bonds is 5. The van der Waals surface area contributed by atoms with Gasteiger partial charge in [0.2, 0.25) is 0 Å². The van der Waals surface area contributed by atoms with Crippen molar-refractivity contribution in [2.24, 2.45) is 7.05 Å². The number of sulfonamides is 1. The third-order valence-electron chi connectivity index (χ3n) is 4.35. The van der Waals surface area contributed by atoms with Crippen molar-refractivity contribution in [1.29, 1.82) is 0 Å². The first-order valence-corrected chi connectivity index (χ1v) is 9.77. The quantitative estimate of drug-likeness (QED) is 0.751. The molecule has 0 aliphatic carbocycles. The molecule has 0 radical (unpaired) electrons. The highest BCUT2D eigenvalue weighted by Crippen LogP contribution is 2.21. The summed E-state index contributed by atoms with van der Waals surface area (Å²) in [4.78, 5) is 23.8. The van der Waals surface area contributed by atoms with Gasteiger partial charge >= 0.3 is 0 Å². The molecule has 10 heteroatoms. The van der Waals surface area contributed by atoms with E-state index in [1.165, 1.54) is 12.1 Å². The highest BCUT2D eigenvalue weighted by Gasteiger charge is 2.23. The maximum absolute atomic E-state index is 12.4. The zero-order valence-electron chi connectivity index (χ0n) is 15.2. The molecule has 2 N–H and O–H groups in total. The highest BCUT2D eigenvalue weighted by molar-refractivity contribution is 7.90. The second-order valence-corrected chi connectivity index (χ2v) is 7.95. The number of amides is 2. The van der Waals surface area contributed by atoms with Gasteiger partial charge in [0, 0.05) is 19.2 Å². The Morgan fingerprint density at radius 1 is 1.37 bits per heavy atom. The van der Waals surface area contributed by atoms with E-state index in [2.05, 4.69) is 10.4 Å². The fraction of sp³-hybridized carbons (Fsp3) is 0.353. The summed E-state index contributed by atoms with van der Waals surface area (Å²) in [6, 6.07) is 4.24. The van der Waals surface area contributed by atoms with Crippen LogP contribution in [0.2, 0.25) is 0 Å². The number of carbonyl (C=O) groups is 2. The molecule has 2 heterocycles. The normalized spacial score (nSPS) is 13.7. The van der Waals surface area contributed by atoms with Crippen molar-refractivity contribution in [3.8, 4) is 5.75 Å². The summed E-state index contributed by atoms with van der Waals surface area (Å²) in [5.41, 5.74) is 2.40. The monoisotopic (exact) mass is 392 g/mol. The van der Waals surface area contributed by atoms with Gasteiger partial charge in [-0.15, -0.1) is 0 Å². The molecule has 2 amide bonds. The van der Waals surface area contributed by atoms with Crippen LogP contribution in [0.4, 0.5) is 0 Å². The first-order valence-electron chi connectivity index (χ1n) is 8.29. The lowest BCUT2D eigenvalue weighted by atomic mass is 10.0. The van der Waals surface area contributed by atoms with Crippen LogP contribution in [0.3, 0.4) is 0 Å². The van der Waals surface area contributed by atoms with Crippen LogP contribution in [0.15, 0.2) is 23.1 Å². The van der Waals surface area contributed by atoms with E-state index in [4.69, 9.17) is 4.74 Å². The lowest BCUT2D eigenvalue weighted by Crippen LogP contribution is -2.35. The zero-order valence-corrected chi connectivity index (χ0v) is 16.0. The summed E-state index contributed by atoms with van der Waals surface area (Å²) >= 11 is 0. The standard InChI is InChI=1S/C17H20N4O5S/c1-10-16(11(2)21(3)19-10)26-9-15(22)20-27(24,25)13-5-4-12-6-7-18-17(23)14(12)8-13/h4-5,8H,6-7,9H2,1-3H3,(H,18,23)(H,20,22). The maximum atomic E-state index is 12.4. The lowest BCUT2D eigenvalue weighted by molar-refractivity contribution is -0.121. The molecule has 0 spiro atoms. The Balaban J connectivity index is 1.72. The number of aryl methyl sites for hydroxylation is 2. The summed E-state index contributed by atoms with van der Waals surface area (Å²) in [6.07, 6.45) is 0.630. The fourth-order valence-corrected chi connectivity index (χ4v) is 3.89. The number of nitrogens with zero attached hydrogens (tertiary/aromatic N) is 2. The van der Waals surface area contributed by atoms with Gasteiger partial charge in [-0.2, -0.15) is 5.10 Å². The molecule has 1 aromatic carbocycles. The third-order valence-corrected chi connectivity index (χ3v) is 5.73. The maximum Gasteiger partial charge on any atom is 0.271 e. The molecule has 0 bridgehead atoms. The Morgan fingerprint density at radius 3 is 2.78 bits per heavy atom. The topological polar surface area (TPSA) is 119 Å². The molecule has 0 atom stereocenters. The van der Waals surface area contributed by atoms with Gasteiger partial charge in [-0.3, -0.25) is 14.3 Å². The van der Waals surface area contributed by atoms with Gasteiger partial charge in [0.15, 0.2) is 12.4 Å². The molecule has 1 aliphatic rings. The summed E-state index contributed by atoms with van der Waals surface area (Å²) < 4.78 is 33.9.